The molecule has 2 heteroatoms. The summed E-state index contributed by atoms with van der Waals surface area (Å²) >= 11 is 0. The molecular weight excluding hydrogens is 213 g/mol. The van der Waals surface area contributed by atoms with Crippen molar-refractivity contribution in [3.05, 3.63) is 71.5 Å². The molecule has 0 aliphatic carbocycles. The molecule has 0 aliphatic rings. The molecule has 2 aromatic carbocycles. The quantitative estimate of drug-likeness (QED) is 0.859. The van der Waals surface area contributed by atoms with Crippen LogP contribution in [0.15, 0.2) is 54.6 Å². The van der Waals surface area contributed by atoms with Crippen LogP contribution in [0.5, 0.6) is 0 Å². The summed E-state index contributed by atoms with van der Waals surface area (Å²) in [7, 11) is 0. The smallest absolute Gasteiger partial charge is 0.123 e. The zero-order chi connectivity index (χ0) is 12.3. The van der Waals surface area contributed by atoms with Gasteiger partial charge in [-0.05, 0) is 36.6 Å². The highest BCUT2D eigenvalue weighted by molar-refractivity contribution is 5.27. The van der Waals surface area contributed by atoms with Crippen LogP contribution in [0, 0.1) is 5.82 Å². The maximum atomic E-state index is 12.8. The van der Waals surface area contributed by atoms with E-state index in [4.69, 9.17) is 5.73 Å². The molecule has 0 radical (unpaired) electrons. The summed E-state index contributed by atoms with van der Waals surface area (Å²) in [4.78, 5) is 0. The molecular formula is C15H16FN. The summed E-state index contributed by atoms with van der Waals surface area (Å²) in [5.41, 5.74) is 8.01. The minimum absolute atomic E-state index is 0.216. The molecule has 0 amide bonds. The van der Waals surface area contributed by atoms with Gasteiger partial charge in [0.2, 0.25) is 0 Å². The van der Waals surface area contributed by atoms with E-state index in [2.05, 4.69) is 0 Å². The third-order valence-corrected chi connectivity index (χ3v) is 2.92. The molecule has 1 unspecified atom stereocenters. The minimum atomic E-state index is -0.431. The molecule has 2 N–H and O–H groups in total. The fraction of sp³-hybridized carbons (Fsp3) is 0.200. The number of hydrogen-bond acceptors (Lipinski definition) is 1. The predicted octanol–water partition coefficient (Wildman–Crippen LogP) is 3.24. The van der Waals surface area contributed by atoms with Gasteiger partial charge in [-0.2, -0.15) is 0 Å². The third-order valence-electron chi connectivity index (χ3n) is 2.92. The van der Waals surface area contributed by atoms with Crippen molar-refractivity contribution in [1.29, 1.82) is 0 Å². The molecule has 0 saturated heterocycles. The van der Waals surface area contributed by atoms with Crippen molar-refractivity contribution in [2.45, 2.75) is 18.9 Å². The summed E-state index contributed by atoms with van der Waals surface area (Å²) in [5, 5.41) is 0. The first kappa shape index (κ1) is 11.8. The van der Waals surface area contributed by atoms with E-state index in [1.165, 1.54) is 12.1 Å². The Balaban J connectivity index is 2.20. The second-order valence-electron chi connectivity index (χ2n) is 4.59. The van der Waals surface area contributed by atoms with Crippen LogP contribution in [0.25, 0.3) is 0 Å². The predicted molar refractivity (Wildman–Crippen MR) is 68.1 cm³/mol. The van der Waals surface area contributed by atoms with Crippen LogP contribution in [0.2, 0.25) is 0 Å². The van der Waals surface area contributed by atoms with Crippen molar-refractivity contribution in [2.24, 2.45) is 5.73 Å². The number of benzene rings is 2. The second-order valence-corrected chi connectivity index (χ2v) is 4.59. The summed E-state index contributed by atoms with van der Waals surface area (Å²) < 4.78 is 12.8. The highest BCUT2D eigenvalue weighted by atomic mass is 19.1. The Kier molecular flexibility index (Phi) is 3.25. The van der Waals surface area contributed by atoms with Gasteiger partial charge in [-0.1, -0.05) is 42.5 Å². The SMILES string of the molecule is CC(N)(Cc1ccc(F)cc1)c1ccccc1. The lowest BCUT2D eigenvalue weighted by Crippen LogP contribution is -2.35. The summed E-state index contributed by atoms with van der Waals surface area (Å²) in [6, 6.07) is 16.5. The maximum Gasteiger partial charge on any atom is 0.123 e. The molecule has 0 aromatic heterocycles. The Morgan fingerprint density at radius 1 is 1.00 bits per heavy atom. The van der Waals surface area contributed by atoms with Gasteiger partial charge in [0, 0.05) is 5.54 Å². The highest BCUT2D eigenvalue weighted by Gasteiger charge is 2.21. The number of nitrogens with two attached hydrogens (primary N) is 1. The molecule has 0 bridgehead atoms. The average Bonchev–Trinajstić information content (AvgIpc) is 2.33. The lowest BCUT2D eigenvalue weighted by atomic mass is 9.87. The Bertz CT molecular complexity index is 474. The lowest BCUT2D eigenvalue weighted by Gasteiger charge is -2.25. The van der Waals surface area contributed by atoms with Gasteiger partial charge in [0.1, 0.15) is 5.82 Å². The van der Waals surface area contributed by atoms with Crippen molar-refractivity contribution >= 4 is 0 Å². The molecule has 0 aliphatic heterocycles. The minimum Gasteiger partial charge on any atom is -0.321 e. The molecule has 0 saturated carbocycles. The van der Waals surface area contributed by atoms with Gasteiger partial charge >= 0.3 is 0 Å². The van der Waals surface area contributed by atoms with E-state index in [9.17, 15) is 4.39 Å². The Morgan fingerprint density at radius 2 is 1.59 bits per heavy atom. The maximum absolute atomic E-state index is 12.8. The summed E-state index contributed by atoms with van der Waals surface area (Å²) in [6.07, 6.45) is 0.692. The van der Waals surface area contributed by atoms with Gasteiger partial charge in [-0.25, -0.2) is 4.39 Å². The van der Waals surface area contributed by atoms with Crippen molar-refractivity contribution < 1.29 is 4.39 Å². The standard InChI is InChI=1S/C15H16FN/c1-15(17,13-5-3-2-4-6-13)11-12-7-9-14(16)10-8-12/h2-10H,11,17H2,1H3. The van der Waals surface area contributed by atoms with Gasteiger partial charge in [0.25, 0.3) is 0 Å². The second kappa shape index (κ2) is 4.68. The van der Waals surface area contributed by atoms with Gasteiger partial charge in [-0.3, -0.25) is 0 Å². The first-order chi connectivity index (χ1) is 8.08. The van der Waals surface area contributed by atoms with Crippen LogP contribution < -0.4 is 5.73 Å². The zero-order valence-electron chi connectivity index (χ0n) is 9.86. The van der Waals surface area contributed by atoms with E-state index < -0.39 is 5.54 Å². The van der Waals surface area contributed by atoms with Gasteiger partial charge in [-0.15, -0.1) is 0 Å². The van der Waals surface area contributed by atoms with E-state index in [1.54, 1.807) is 12.1 Å². The first-order valence-electron chi connectivity index (χ1n) is 5.67. The van der Waals surface area contributed by atoms with Gasteiger partial charge in [0.05, 0.1) is 0 Å². The average molecular weight is 229 g/mol. The van der Waals surface area contributed by atoms with E-state index in [0.29, 0.717) is 6.42 Å². The van der Waals surface area contributed by atoms with E-state index in [-0.39, 0.29) is 5.82 Å². The lowest BCUT2D eigenvalue weighted by molar-refractivity contribution is 0.491. The van der Waals surface area contributed by atoms with E-state index >= 15 is 0 Å². The monoisotopic (exact) mass is 229 g/mol. The third kappa shape index (κ3) is 2.92. The fourth-order valence-electron chi connectivity index (χ4n) is 1.95. The Morgan fingerprint density at radius 3 is 2.18 bits per heavy atom. The molecule has 2 rings (SSSR count). The van der Waals surface area contributed by atoms with Crippen LogP contribution >= 0.6 is 0 Å². The summed E-state index contributed by atoms with van der Waals surface area (Å²) in [6.45, 7) is 1.99. The molecule has 88 valence electrons. The van der Waals surface area contributed by atoms with Crippen molar-refractivity contribution in [3.63, 3.8) is 0 Å². The van der Waals surface area contributed by atoms with Crippen LogP contribution in [-0.4, -0.2) is 0 Å². The molecule has 17 heavy (non-hydrogen) atoms. The number of rotatable bonds is 3. The molecule has 2 aromatic rings. The van der Waals surface area contributed by atoms with E-state index in [0.717, 1.165) is 11.1 Å². The first-order valence-corrected chi connectivity index (χ1v) is 5.67. The molecule has 0 fully saturated rings. The van der Waals surface area contributed by atoms with Gasteiger partial charge < -0.3 is 5.73 Å². The van der Waals surface area contributed by atoms with Crippen LogP contribution in [0.3, 0.4) is 0 Å². The summed E-state index contributed by atoms with van der Waals surface area (Å²) in [5.74, 6) is -0.216. The molecule has 0 heterocycles. The Hall–Kier alpha value is -1.67. The van der Waals surface area contributed by atoms with Crippen molar-refractivity contribution in [3.8, 4) is 0 Å². The molecule has 1 atom stereocenters. The largest absolute Gasteiger partial charge is 0.321 e. The highest BCUT2D eigenvalue weighted by Crippen LogP contribution is 2.22. The fourth-order valence-corrected chi connectivity index (χ4v) is 1.95. The van der Waals surface area contributed by atoms with E-state index in [1.807, 2.05) is 37.3 Å². The Labute approximate surface area is 101 Å². The molecule has 1 nitrogen and oxygen atoms in total. The zero-order valence-corrected chi connectivity index (χ0v) is 9.86. The van der Waals surface area contributed by atoms with Crippen LogP contribution in [0.1, 0.15) is 18.1 Å². The molecule has 0 spiro atoms. The topological polar surface area (TPSA) is 26.0 Å². The van der Waals surface area contributed by atoms with Gasteiger partial charge in [0.15, 0.2) is 0 Å². The van der Waals surface area contributed by atoms with Crippen LogP contribution in [-0.2, 0) is 12.0 Å². The van der Waals surface area contributed by atoms with Crippen LogP contribution in [0.4, 0.5) is 4.39 Å². The van der Waals surface area contributed by atoms with Crippen molar-refractivity contribution in [2.75, 3.05) is 0 Å². The normalized spacial score (nSPS) is 14.3. The van der Waals surface area contributed by atoms with Crippen molar-refractivity contribution in [1.82, 2.24) is 0 Å². The number of hydrogen-bond donors (Lipinski definition) is 1. The number of halogens is 1.